The van der Waals surface area contributed by atoms with E-state index in [0.717, 1.165) is 51.4 Å². The third-order valence-electron chi connectivity index (χ3n) is 11.0. The first-order valence-electron chi connectivity index (χ1n) is 24.7. The maximum atomic E-state index is 12.8. The number of aliphatic hydroxyl groups excluding tert-OH is 5. The van der Waals surface area contributed by atoms with Gasteiger partial charge in [-0.3, -0.25) is 18.6 Å². The molecule has 13 nitrogen and oxygen atoms in total. The van der Waals surface area contributed by atoms with Crippen molar-refractivity contribution in [2.24, 2.45) is 0 Å². The summed E-state index contributed by atoms with van der Waals surface area (Å²) in [5, 5.41) is 50.2. The van der Waals surface area contributed by atoms with E-state index in [-0.39, 0.29) is 12.8 Å². The molecule has 1 aliphatic rings. The van der Waals surface area contributed by atoms with Gasteiger partial charge in [0.1, 0.15) is 43.2 Å². The molecule has 8 atom stereocenters. The number of aliphatic hydroxyl groups is 5. The van der Waals surface area contributed by atoms with E-state index < -0.39 is 75.7 Å². The van der Waals surface area contributed by atoms with Crippen LogP contribution in [0.3, 0.4) is 0 Å². The van der Waals surface area contributed by atoms with Crippen LogP contribution >= 0.6 is 7.82 Å². The van der Waals surface area contributed by atoms with Gasteiger partial charge in [0, 0.05) is 12.8 Å². The maximum absolute atomic E-state index is 12.8. The summed E-state index contributed by atoms with van der Waals surface area (Å²) in [7, 11) is -5.15. The zero-order valence-electron chi connectivity index (χ0n) is 39.8. The fourth-order valence-electron chi connectivity index (χ4n) is 7.02. The molecule has 374 valence electrons. The van der Waals surface area contributed by atoms with Crippen LogP contribution in [0.4, 0.5) is 0 Å². The molecule has 14 heteroatoms. The molecule has 1 fully saturated rings. The van der Waals surface area contributed by atoms with Gasteiger partial charge < -0.3 is 39.9 Å². The summed E-state index contributed by atoms with van der Waals surface area (Å²) >= 11 is 0. The van der Waals surface area contributed by atoms with Gasteiger partial charge in [0.2, 0.25) is 0 Å². The molecule has 1 rings (SSSR count). The van der Waals surface area contributed by atoms with Gasteiger partial charge in [0.15, 0.2) is 6.10 Å². The Kier molecular flexibility index (Phi) is 37.5. The minimum Gasteiger partial charge on any atom is -0.462 e. The zero-order valence-corrected chi connectivity index (χ0v) is 40.7. The van der Waals surface area contributed by atoms with Crippen LogP contribution in [0.5, 0.6) is 0 Å². The molecule has 0 aliphatic heterocycles. The summed E-state index contributed by atoms with van der Waals surface area (Å²) in [5.74, 6) is -1.21. The number of esters is 2. The molecule has 0 radical (unpaired) electrons. The number of carbonyl (C=O) groups is 2. The number of ether oxygens (including phenoxy) is 2. The van der Waals surface area contributed by atoms with Gasteiger partial charge in [-0.25, -0.2) is 4.57 Å². The van der Waals surface area contributed by atoms with Gasteiger partial charge in [0.05, 0.1) is 6.61 Å². The highest BCUT2D eigenvalue weighted by molar-refractivity contribution is 7.47. The van der Waals surface area contributed by atoms with Gasteiger partial charge in [-0.2, -0.15) is 0 Å². The lowest BCUT2D eigenvalue weighted by Crippen LogP contribution is -2.64. The molecule has 0 aromatic carbocycles. The smallest absolute Gasteiger partial charge is 0.462 e. The summed E-state index contributed by atoms with van der Waals surface area (Å²) in [6, 6.07) is 0. The van der Waals surface area contributed by atoms with Crippen molar-refractivity contribution in [2.75, 3.05) is 13.2 Å². The summed E-state index contributed by atoms with van der Waals surface area (Å²) in [6.07, 6.45) is 38.2. The van der Waals surface area contributed by atoms with Crippen LogP contribution in [0.2, 0.25) is 0 Å². The first kappa shape index (κ1) is 60.3. The second-order valence-electron chi connectivity index (χ2n) is 17.0. The topological polar surface area (TPSA) is 210 Å². The molecule has 6 N–H and O–H groups in total. The second kappa shape index (κ2) is 40.4. The van der Waals surface area contributed by atoms with Crippen molar-refractivity contribution < 1.29 is 63.1 Å². The van der Waals surface area contributed by atoms with E-state index in [4.69, 9.17) is 18.5 Å². The van der Waals surface area contributed by atoms with Crippen molar-refractivity contribution in [1.82, 2.24) is 0 Å². The molecular formula is C51H87O13P. The van der Waals surface area contributed by atoms with Crippen LogP contribution in [-0.4, -0.2) is 98.3 Å². The van der Waals surface area contributed by atoms with Gasteiger partial charge in [-0.05, 0) is 83.5 Å². The first-order chi connectivity index (χ1) is 31.4. The summed E-state index contributed by atoms with van der Waals surface area (Å²) < 4.78 is 33.5. The van der Waals surface area contributed by atoms with Gasteiger partial charge in [-0.15, -0.1) is 0 Å². The molecule has 0 aromatic rings. The summed E-state index contributed by atoms with van der Waals surface area (Å²) in [6.45, 7) is 3.22. The Morgan fingerprint density at radius 3 is 1.31 bits per heavy atom. The number of hydrogen-bond acceptors (Lipinski definition) is 12. The highest BCUT2D eigenvalue weighted by Crippen LogP contribution is 2.47. The standard InChI is InChI=1S/C51H87O13P/c1-3-5-7-9-11-13-15-17-19-20-21-22-23-24-26-28-30-32-34-36-38-40-45(53)63-43(42-62-65(59,60)64-51-49(57)47(55)46(54)48(56)50(51)58)41-61-44(52)39-37-35-33-31-29-27-25-18-16-14-12-10-8-6-4-2/h18-20,22-23,25-26,28-29,31-32,34,43,46-51,54-58H,3-17,21,24,27,30,33,35-42H2,1-2H3,(H,59,60)/b20-19+,23-22+,25-18+,28-26+,31-29+,34-32+/t43-,46?,47-,48?,49?,50?,51?/m1/s1. The molecule has 0 spiro atoms. The van der Waals surface area contributed by atoms with Crippen LogP contribution in [0.1, 0.15) is 181 Å². The van der Waals surface area contributed by atoms with Crippen LogP contribution in [0, 0.1) is 0 Å². The number of unbranched alkanes of at least 4 members (excludes halogenated alkanes) is 16. The van der Waals surface area contributed by atoms with E-state index in [1.807, 2.05) is 12.2 Å². The number of carbonyl (C=O) groups excluding carboxylic acids is 2. The van der Waals surface area contributed by atoms with Gasteiger partial charge in [-0.1, -0.05) is 157 Å². The maximum Gasteiger partial charge on any atom is 0.472 e. The Morgan fingerprint density at radius 2 is 0.846 bits per heavy atom. The molecule has 0 aromatic heterocycles. The predicted octanol–water partition coefficient (Wildman–Crippen LogP) is 10.3. The lowest BCUT2D eigenvalue weighted by Gasteiger charge is -2.41. The first-order valence-corrected chi connectivity index (χ1v) is 26.2. The average molecular weight is 939 g/mol. The second-order valence-corrected chi connectivity index (χ2v) is 18.4. The summed E-state index contributed by atoms with van der Waals surface area (Å²) in [4.78, 5) is 35.7. The highest BCUT2D eigenvalue weighted by atomic mass is 31.2. The minimum atomic E-state index is -5.15. The molecule has 1 aliphatic carbocycles. The van der Waals surface area contributed by atoms with Crippen LogP contribution < -0.4 is 0 Å². The monoisotopic (exact) mass is 939 g/mol. The zero-order chi connectivity index (χ0) is 47.8. The largest absolute Gasteiger partial charge is 0.472 e. The third kappa shape index (κ3) is 32.6. The fraction of sp³-hybridized carbons (Fsp3) is 0.725. The van der Waals surface area contributed by atoms with E-state index in [1.165, 1.54) is 83.5 Å². The lowest BCUT2D eigenvalue weighted by molar-refractivity contribution is -0.220. The van der Waals surface area contributed by atoms with Crippen molar-refractivity contribution in [3.05, 3.63) is 72.9 Å². The average Bonchev–Trinajstić information content (AvgIpc) is 3.29. The van der Waals surface area contributed by atoms with Crippen LogP contribution in [0.25, 0.3) is 0 Å². The van der Waals surface area contributed by atoms with Crippen molar-refractivity contribution in [3.8, 4) is 0 Å². The fourth-order valence-corrected chi connectivity index (χ4v) is 7.99. The molecule has 6 unspecified atom stereocenters. The van der Waals surface area contributed by atoms with Crippen molar-refractivity contribution in [2.45, 2.75) is 224 Å². The molecule has 0 heterocycles. The number of rotatable bonds is 40. The van der Waals surface area contributed by atoms with E-state index >= 15 is 0 Å². The predicted molar refractivity (Wildman–Crippen MR) is 258 cm³/mol. The van der Waals surface area contributed by atoms with Crippen molar-refractivity contribution in [1.29, 1.82) is 0 Å². The van der Waals surface area contributed by atoms with E-state index in [0.29, 0.717) is 19.3 Å². The van der Waals surface area contributed by atoms with E-state index in [2.05, 4.69) is 74.6 Å². The van der Waals surface area contributed by atoms with Crippen molar-refractivity contribution in [3.63, 3.8) is 0 Å². The third-order valence-corrected chi connectivity index (χ3v) is 12.0. The summed E-state index contributed by atoms with van der Waals surface area (Å²) in [5.41, 5.74) is 0. The number of allylic oxidation sites excluding steroid dienone is 12. The number of hydrogen-bond donors (Lipinski definition) is 6. The molecule has 0 amide bonds. The molecule has 1 saturated carbocycles. The number of phosphoric acid groups is 1. The quantitative estimate of drug-likeness (QED) is 0.0146. The Labute approximate surface area is 391 Å². The molecular weight excluding hydrogens is 852 g/mol. The highest BCUT2D eigenvalue weighted by Gasteiger charge is 2.51. The molecule has 0 saturated heterocycles. The number of phosphoric ester groups is 1. The molecule has 0 bridgehead atoms. The molecule has 65 heavy (non-hydrogen) atoms. The Balaban J connectivity index is 2.50. The Hall–Kier alpha value is -2.71. The Bertz CT molecular complexity index is 1410. The van der Waals surface area contributed by atoms with Gasteiger partial charge in [0.25, 0.3) is 0 Å². The van der Waals surface area contributed by atoms with Crippen LogP contribution in [0.15, 0.2) is 72.9 Å². The van der Waals surface area contributed by atoms with Gasteiger partial charge >= 0.3 is 19.8 Å². The van der Waals surface area contributed by atoms with Crippen LogP contribution in [-0.2, 0) is 32.7 Å². The minimum absolute atomic E-state index is 0.0111. The lowest BCUT2D eigenvalue weighted by atomic mass is 9.85. The normalized spacial score (nSPS) is 22.0. The van der Waals surface area contributed by atoms with E-state index in [1.54, 1.807) is 0 Å². The van der Waals surface area contributed by atoms with E-state index in [9.17, 15) is 44.6 Å². The Morgan fingerprint density at radius 1 is 0.477 bits per heavy atom. The van der Waals surface area contributed by atoms with Crippen molar-refractivity contribution >= 4 is 19.8 Å². The SMILES string of the molecule is CCCCCCCC/C=C/C/C=C/CCCCC(=O)OC[C@H](COP(=O)(O)OC1C(O)C(O)C(O)[C@@H](O)C1O)OC(=O)CCC/C=C/C/C=C/C/C=C/C/C=C/CCCCCCCCC.